The molecule has 1 unspecified atom stereocenters. The number of thiophene rings is 1. The molecular weight excluding hydrogens is 310 g/mol. The molecule has 1 amide bonds. The van der Waals surface area contributed by atoms with Crippen molar-refractivity contribution >= 4 is 23.2 Å². The zero-order valence-electron chi connectivity index (χ0n) is 13.0. The summed E-state index contributed by atoms with van der Waals surface area (Å²) in [6.45, 7) is 2.02. The van der Waals surface area contributed by atoms with Crippen LogP contribution in [0.25, 0.3) is 0 Å². The van der Waals surface area contributed by atoms with E-state index >= 15 is 0 Å². The number of benzene rings is 1. The molecule has 1 aliphatic rings. The van der Waals surface area contributed by atoms with E-state index in [1.807, 2.05) is 36.4 Å². The van der Waals surface area contributed by atoms with Crippen molar-refractivity contribution in [2.75, 3.05) is 0 Å². The summed E-state index contributed by atoms with van der Waals surface area (Å²) in [5.74, 6) is -0.696. The molecule has 0 saturated carbocycles. The third-order valence-electron chi connectivity index (χ3n) is 3.91. The quantitative estimate of drug-likeness (QED) is 0.858. The number of aryl methyl sites for hydroxylation is 2. The van der Waals surface area contributed by atoms with Crippen LogP contribution in [0, 0.1) is 0 Å². The molecule has 1 aliphatic carbocycles. The third-order valence-corrected chi connectivity index (χ3v) is 5.13. The zero-order valence-corrected chi connectivity index (χ0v) is 13.8. The number of fused-ring (bicyclic) bond motifs is 1. The molecule has 5 heteroatoms. The Kier molecular flexibility index (Phi) is 4.76. The Morgan fingerprint density at radius 3 is 2.78 bits per heavy atom. The van der Waals surface area contributed by atoms with Crippen LogP contribution in [0.2, 0.25) is 0 Å². The molecule has 1 atom stereocenters. The van der Waals surface area contributed by atoms with Crippen molar-refractivity contribution in [1.82, 2.24) is 5.32 Å². The number of nitrogens with one attached hydrogen (secondary N) is 1. The van der Waals surface area contributed by atoms with Crippen molar-refractivity contribution in [1.29, 1.82) is 0 Å². The highest BCUT2D eigenvalue weighted by Gasteiger charge is 2.23. The van der Waals surface area contributed by atoms with Crippen LogP contribution in [0.5, 0.6) is 0 Å². The number of esters is 1. The van der Waals surface area contributed by atoms with Gasteiger partial charge in [0.25, 0.3) is 5.91 Å². The highest BCUT2D eigenvalue weighted by Crippen LogP contribution is 2.31. The van der Waals surface area contributed by atoms with Crippen LogP contribution in [0.4, 0.5) is 0 Å². The van der Waals surface area contributed by atoms with Gasteiger partial charge in [-0.1, -0.05) is 30.3 Å². The van der Waals surface area contributed by atoms with E-state index in [9.17, 15) is 9.59 Å². The molecule has 3 rings (SSSR count). The number of carbonyl (C=O) groups excluding carboxylic acids is 2. The molecule has 0 spiro atoms. The van der Waals surface area contributed by atoms with Gasteiger partial charge in [0.15, 0.2) is 6.10 Å². The Balaban J connectivity index is 1.52. The van der Waals surface area contributed by atoms with Gasteiger partial charge in [-0.15, -0.1) is 11.3 Å². The first kappa shape index (κ1) is 15.7. The summed E-state index contributed by atoms with van der Waals surface area (Å²) in [5, 5.41) is 2.78. The number of amides is 1. The van der Waals surface area contributed by atoms with E-state index in [2.05, 4.69) is 5.32 Å². The first-order valence-electron chi connectivity index (χ1n) is 7.77. The lowest BCUT2D eigenvalue weighted by molar-refractivity contribution is -0.129. The van der Waals surface area contributed by atoms with E-state index in [1.54, 1.807) is 6.92 Å². The molecule has 0 radical (unpaired) electrons. The number of hydrogen-bond donors (Lipinski definition) is 1. The predicted molar refractivity (Wildman–Crippen MR) is 89.5 cm³/mol. The van der Waals surface area contributed by atoms with Crippen molar-refractivity contribution in [2.24, 2.45) is 0 Å². The third kappa shape index (κ3) is 3.79. The van der Waals surface area contributed by atoms with Gasteiger partial charge < -0.3 is 10.1 Å². The standard InChI is InChI=1S/C18H19NO3S/c1-12(17(20)19-11-13-6-3-2-4-7-13)22-18(21)16-10-14-8-5-9-15(14)23-16/h2-4,6-7,10,12H,5,8-9,11H2,1H3,(H,19,20). The first-order valence-corrected chi connectivity index (χ1v) is 8.59. The molecule has 23 heavy (non-hydrogen) atoms. The fraction of sp³-hybridized carbons (Fsp3) is 0.333. The minimum absolute atomic E-state index is 0.286. The summed E-state index contributed by atoms with van der Waals surface area (Å²) in [5.41, 5.74) is 2.26. The molecule has 2 aromatic rings. The minimum Gasteiger partial charge on any atom is -0.448 e. The highest BCUT2D eigenvalue weighted by atomic mass is 32.1. The summed E-state index contributed by atoms with van der Waals surface area (Å²) in [6.07, 6.45) is 2.43. The van der Waals surface area contributed by atoms with Crippen molar-refractivity contribution < 1.29 is 14.3 Å². The van der Waals surface area contributed by atoms with E-state index in [-0.39, 0.29) is 5.91 Å². The molecule has 1 heterocycles. The monoisotopic (exact) mass is 329 g/mol. The van der Waals surface area contributed by atoms with Crippen molar-refractivity contribution in [3.63, 3.8) is 0 Å². The van der Waals surface area contributed by atoms with Crippen LogP contribution >= 0.6 is 11.3 Å². The normalized spacial score (nSPS) is 14.1. The number of ether oxygens (including phenoxy) is 1. The van der Waals surface area contributed by atoms with Gasteiger partial charge in [-0.2, -0.15) is 0 Å². The molecule has 1 aromatic carbocycles. The van der Waals surface area contributed by atoms with Gasteiger partial charge in [0.05, 0.1) is 0 Å². The van der Waals surface area contributed by atoms with Crippen molar-refractivity contribution in [2.45, 2.75) is 38.8 Å². The van der Waals surface area contributed by atoms with Gasteiger partial charge in [0, 0.05) is 11.4 Å². The number of carbonyl (C=O) groups is 2. The lowest BCUT2D eigenvalue weighted by Crippen LogP contribution is -2.35. The van der Waals surface area contributed by atoms with Gasteiger partial charge in [-0.3, -0.25) is 4.79 Å². The molecule has 0 aliphatic heterocycles. The maximum atomic E-state index is 12.1. The smallest absolute Gasteiger partial charge is 0.349 e. The molecule has 1 aromatic heterocycles. The van der Waals surface area contributed by atoms with Crippen LogP contribution in [0.1, 0.15) is 39.0 Å². The van der Waals surface area contributed by atoms with E-state index in [0.29, 0.717) is 11.4 Å². The Bertz CT molecular complexity index is 687. The molecule has 0 fully saturated rings. The maximum absolute atomic E-state index is 12.1. The minimum atomic E-state index is -0.803. The van der Waals surface area contributed by atoms with Crippen molar-refractivity contribution in [3.8, 4) is 0 Å². The van der Waals surface area contributed by atoms with Crippen molar-refractivity contribution in [3.05, 3.63) is 57.3 Å². The fourth-order valence-corrected chi connectivity index (χ4v) is 3.77. The van der Waals surface area contributed by atoms with E-state index in [1.165, 1.54) is 21.8 Å². The summed E-state index contributed by atoms with van der Waals surface area (Å²) >= 11 is 1.49. The molecule has 1 N–H and O–H groups in total. The van der Waals surface area contributed by atoms with Gasteiger partial charge in [-0.25, -0.2) is 4.79 Å². The lowest BCUT2D eigenvalue weighted by Gasteiger charge is -2.13. The fourth-order valence-electron chi connectivity index (χ4n) is 2.63. The summed E-state index contributed by atoms with van der Waals surface area (Å²) in [4.78, 5) is 26.1. The van der Waals surface area contributed by atoms with Gasteiger partial charge in [0.2, 0.25) is 0 Å². The Labute approximate surface area is 139 Å². The van der Waals surface area contributed by atoms with E-state index in [0.717, 1.165) is 24.8 Å². The Morgan fingerprint density at radius 2 is 2.04 bits per heavy atom. The molecular formula is C18H19NO3S. The second-order valence-corrected chi connectivity index (χ2v) is 6.80. The first-order chi connectivity index (χ1) is 11.1. The number of rotatable bonds is 5. The summed E-state index contributed by atoms with van der Waals surface area (Å²) in [6, 6.07) is 11.5. The average Bonchev–Trinajstić information content (AvgIpc) is 3.15. The summed E-state index contributed by atoms with van der Waals surface area (Å²) < 4.78 is 5.28. The van der Waals surface area contributed by atoms with E-state index < -0.39 is 12.1 Å². The molecule has 0 saturated heterocycles. The second-order valence-electron chi connectivity index (χ2n) is 5.66. The van der Waals surface area contributed by atoms with Crippen LogP contribution in [-0.2, 0) is 28.9 Å². The molecule has 4 nitrogen and oxygen atoms in total. The Hall–Kier alpha value is -2.14. The van der Waals surface area contributed by atoms with Crippen LogP contribution in [-0.4, -0.2) is 18.0 Å². The van der Waals surface area contributed by atoms with Crippen LogP contribution < -0.4 is 5.32 Å². The Morgan fingerprint density at radius 1 is 1.26 bits per heavy atom. The van der Waals surface area contributed by atoms with Gasteiger partial charge in [-0.05, 0) is 43.4 Å². The van der Waals surface area contributed by atoms with Gasteiger partial charge in [0.1, 0.15) is 4.88 Å². The van der Waals surface area contributed by atoms with E-state index in [4.69, 9.17) is 4.74 Å². The SMILES string of the molecule is CC(OC(=O)c1cc2c(s1)CCC2)C(=O)NCc1ccccc1. The average molecular weight is 329 g/mol. The lowest BCUT2D eigenvalue weighted by atomic mass is 10.2. The zero-order chi connectivity index (χ0) is 16.2. The summed E-state index contributed by atoms with van der Waals surface area (Å²) in [7, 11) is 0. The topological polar surface area (TPSA) is 55.4 Å². The van der Waals surface area contributed by atoms with Gasteiger partial charge >= 0.3 is 5.97 Å². The second kappa shape index (κ2) is 6.96. The van der Waals surface area contributed by atoms with Crippen LogP contribution in [0.15, 0.2) is 36.4 Å². The number of hydrogen-bond acceptors (Lipinski definition) is 4. The highest BCUT2D eigenvalue weighted by molar-refractivity contribution is 7.14. The molecule has 120 valence electrons. The maximum Gasteiger partial charge on any atom is 0.349 e. The predicted octanol–water partition coefficient (Wildman–Crippen LogP) is 3.10. The van der Waals surface area contributed by atoms with Crippen LogP contribution in [0.3, 0.4) is 0 Å². The molecule has 0 bridgehead atoms. The largest absolute Gasteiger partial charge is 0.448 e.